The van der Waals surface area contributed by atoms with Gasteiger partial charge >= 0.3 is 5.97 Å². The normalized spacial score (nSPS) is 9.86. The van der Waals surface area contributed by atoms with E-state index in [1.165, 1.54) is 0 Å². The molecule has 0 heterocycles. The Morgan fingerprint density at radius 1 is 1.64 bits per heavy atom. The number of benzene rings is 1. The van der Waals surface area contributed by atoms with Crippen LogP contribution in [0.5, 0.6) is 0 Å². The number of anilines is 1. The van der Waals surface area contributed by atoms with Gasteiger partial charge in [0.1, 0.15) is 6.73 Å². The fourth-order valence-corrected chi connectivity index (χ4v) is 1.70. The lowest BCUT2D eigenvalue weighted by atomic mass is 10.2. The van der Waals surface area contributed by atoms with E-state index in [4.69, 9.17) is 9.84 Å². The molecular weight excluding hydrogens is 297 g/mol. The van der Waals surface area contributed by atoms with Crippen LogP contribution in [0.1, 0.15) is 10.4 Å². The van der Waals surface area contributed by atoms with Crippen LogP contribution in [-0.2, 0) is 4.74 Å². The van der Waals surface area contributed by atoms with Gasteiger partial charge in [-0.25, -0.2) is 4.79 Å². The third-order valence-electron chi connectivity index (χ3n) is 1.62. The zero-order valence-corrected chi connectivity index (χ0v) is 9.74. The predicted molar refractivity (Wildman–Crippen MR) is 61.6 cm³/mol. The van der Waals surface area contributed by atoms with Gasteiger partial charge in [0.15, 0.2) is 0 Å². The fraction of sp³-hybridized carbons (Fsp3) is 0.222. The van der Waals surface area contributed by atoms with Crippen LogP contribution in [0.2, 0.25) is 0 Å². The Bertz CT molecular complexity index is 341. The summed E-state index contributed by atoms with van der Waals surface area (Å²) in [6, 6.07) is 5.05. The number of rotatable bonds is 4. The second-order valence-electron chi connectivity index (χ2n) is 2.61. The number of hydrogen-bond acceptors (Lipinski definition) is 3. The van der Waals surface area contributed by atoms with Gasteiger partial charge in [-0.1, -0.05) is 0 Å². The minimum atomic E-state index is -0.910. The number of carboxylic acids is 1. The number of halogens is 1. The number of carboxylic acid groups (broad SMARTS) is 1. The molecule has 0 saturated carbocycles. The molecule has 5 heteroatoms. The molecule has 14 heavy (non-hydrogen) atoms. The van der Waals surface area contributed by atoms with E-state index < -0.39 is 5.97 Å². The lowest BCUT2D eigenvalue weighted by Gasteiger charge is -2.06. The molecule has 0 aliphatic carbocycles. The van der Waals surface area contributed by atoms with Crippen LogP contribution in [0, 0.1) is 3.57 Å². The number of ether oxygens (including phenoxy) is 1. The molecule has 0 bridgehead atoms. The Kier molecular flexibility index (Phi) is 4.15. The fourth-order valence-electron chi connectivity index (χ4n) is 0.954. The first-order valence-electron chi connectivity index (χ1n) is 3.91. The Morgan fingerprint density at radius 3 is 2.86 bits per heavy atom. The number of nitrogens with one attached hydrogen (secondary N) is 1. The van der Waals surface area contributed by atoms with Crippen LogP contribution in [-0.4, -0.2) is 24.9 Å². The van der Waals surface area contributed by atoms with E-state index in [0.29, 0.717) is 15.9 Å². The Morgan fingerprint density at radius 2 is 2.36 bits per heavy atom. The van der Waals surface area contributed by atoms with Gasteiger partial charge in [-0.2, -0.15) is 0 Å². The van der Waals surface area contributed by atoms with Crippen molar-refractivity contribution in [2.24, 2.45) is 0 Å². The average Bonchev–Trinajstić information content (AvgIpc) is 2.14. The second kappa shape index (κ2) is 5.16. The summed E-state index contributed by atoms with van der Waals surface area (Å²) >= 11 is 1.99. The van der Waals surface area contributed by atoms with Gasteiger partial charge < -0.3 is 15.2 Å². The quantitative estimate of drug-likeness (QED) is 0.660. The van der Waals surface area contributed by atoms with E-state index in [1.54, 1.807) is 25.3 Å². The summed E-state index contributed by atoms with van der Waals surface area (Å²) in [5.74, 6) is -0.910. The molecule has 0 aliphatic heterocycles. The van der Waals surface area contributed by atoms with Gasteiger partial charge in [-0.3, -0.25) is 0 Å². The molecule has 0 unspecified atom stereocenters. The topological polar surface area (TPSA) is 58.6 Å². The van der Waals surface area contributed by atoms with Gasteiger partial charge in [0, 0.05) is 16.4 Å². The van der Waals surface area contributed by atoms with E-state index in [1.807, 2.05) is 22.6 Å². The molecule has 1 aromatic carbocycles. The summed E-state index contributed by atoms with van der Waals surface area (Å²) in [5.41, 5.74) is 1.16. The van der Waals surface area contributed by atoms with Crippen LogP contribution in [0.3, 0.4) is 0 Å². The highest BCUT2D eigenvalue weighted by Gasteiger charge is 2.07. The summed E-state index contributed by atoms with van der Waals surface area (Å²) in [6.07, 6.45) is 0. The highest BCUT2D eigenvalue weighted by Crippen LogP contribution is 2.17. The van der Waals surface area contributed by atoms with Gasteiger partial charge in [-0.05, 0) is 40.8 Å². The van der Waals surface area contributed by atoms with Crippen molar-refractivity contribution in [3.05, 3.63) is 27.3 Å². The first kappa shape index (κ1) is 11.3. The third kappa shape index (κ3) is 2.85. The molecule has 2 N–H and O–H groups in total. The van der Waals surface area contributed by atoms with Gasteiger partial charge in [0.25, 0.3) is 0 Å². The molecule has 0 atom stereocenters. The molecule has 0 amide bonds. The van der Waals surface area contributed by atoms with Crippen molar-refractivity contribution in [2.75, 3.05) is 19.2 Å². The van der Waals surface area contributed by atoms with E-state index in [-0.39, 0.29) is 0 Å². The molecule has 0 aromatic heterocycles. The molecule has 1 aromatic rings. The molecule has 0 saturated heterocycles. The maximum absolute atomic E-state index is 10.7. The molecular formula is C9H10INO3. The molecule has 0 fully saturated rings. The molecule has 4 nitrogen and oxygen atoms in total. The average molecular weight is 307 g/mol. The molecule has 0 spiro atoms. The number of carbonyl (C=O) groups is 1. The summed E-state index contributed by atoms with van der Waals surface area (Å²) < 4.78 is 5.54. The van der Waals surface area contributed by atoms with Crippen molar-refractivity contribution in [3.63, 3.8) is 0 Å². The first-order chi connectivity index (χ1) is 6.65. The van der Waals surface area contributed by atoms with E-state index in [2.05, 4.69) is 5.32 Å². The largest absolute Gasteiger partial charge is 0.478 e. The highest BCUT2D eigenvalue weighted by atomic mass is 127. The molecule has 0 aliphatic rings. The van der Waals surface area contributed by atoms with Gasteiger partial charge in [-0.15, -0.1) is 0 Å². The number of aromatic carboxylic acids is 1. The monoisotopic (exact) mass is 307 g/mol. The minimum absolute atomic E-state index is 0.313. The third-order valence-corrected chi connectivity index (χ3v) is 2.51. The van der Waals surface area contributed by atoms with Crippen LogP contribution in [0.25, 0.3) is 0 Å². The van der Waals surface area contributed by atoms with Crippen molar-refractivity contribution >= 4 is 34.2 Å². The number of methoxy groups -OCH3 is 1. The van der Waals surface area contributed by atoms with Crippen LogP contribution in [0.15, 0.2) is 18.2 Å². The zero-order valence-electron chi connectivity index (χ0n) is 7.58. The second-order valence-corrected chi connectivity index (χ2v) is 3.77. The van der Waals surface area contributed by atoms with E-state index in [9.17, 15) is 4.79 Å². The van der Waals surface area contributed by atoms with Gasteiger partial charge in [0.05, 0.1) is 5.56 Å². The maximum Gasteiger partial charge on any atom is 0.336 e. The maximum atomic E-state index is 10.7. The lowest BCUT2D eigenvalue weighted by Crippen LogP contribution is -2.05. The summed E-state index contributed by atoms with van der Waals surface area (Å²) in [5, 5.41) is 11.8. The summed E-state index contributed by atoms with van der Waals surface area (Å²) in [7, 11) is 1.59. The number of hydrogen-bond donors (Lipinski definition) is 2. The minimum Gasteiger partial charge on any atom is -0.478 e. The standard InChI is InChI=1S/C9H10INO3/c1-14-5-11-6-2-3-7(9(12)13)8(10)4-6/h2-4,11H,5H2,1H3,(H,12,13). The Balaban J connectivity index is 2.83. The zero-order chi connectivity index (χ0) is 10.6. The van der Waals surface area contributed by atoms with Crippen molar-refractivity contribution in [2.45, 2.75) is 0 Å². The molecule has 0 radical (unpaired) electrons. The van der Waals surface area contributed by atoms with Crippen LogP contribution >= 0.6 is 22.6 Å². The smallest absolute Gasteiger partial charge is 0.336 e. The van der Waals surface area contributed by atoms with Crippen molar-refractivity contribution in [1.82, 2.24) is 0 Å². The highest BCUT2D eigenvalue weighted by molar-refractivity contribution is 14.1. The molecule has 1 rings (SSSR count). The van der Waals surface area contributed by atoms with Crippen LogP contribution < -0.4 is 5.32 Å². The lowest BCUT2D eigenvalue weighted by molar-refractivity contribution is 0.0696. The summed E-state index contributed by atoms with van der Waals surface area (Å²) in [6.45, 7) is 0.405. The predicted octanol–water partition coefficient (Wildman–Crippen LogP) is 2.01. The summed E-state index contributed by atoms with van der Waals surface area (Å²) in [4.78, 5) is 10.7. The van der Waals surface area contributed by atoms with Crippen molar-refractivity contribution < 1.29 is 14.6 Å². The van der Waals surface area contributed by atoms with E-state index >= 15 is 0 Å². The molecule has 76 valence electrons. The van der Waals surface area contributed by atoms with Crippen molar-refractivity contribution in [3.8, 4) is 0 Å². The first-order valence-corrected chi connectivity index (χ1v) is 4.98. The SMILES string of the molecule is COCNc1ccc(C(=O)O)c(I)c1. The van der Waals surface area contributed by atoms with Crippen molar-refractivity contribution in [1.29, 1.82) is 0 Å². The van der Waals surface area contributed by atoms with Gasteiger partial charge in [0.2, 0.25) is 0 Å². The Hall–Kier alpha value is -0.820. The Labute approximate surface area is 95.4 Å². The van der Waals surface area contributed by atoms with E-state index in [0.717, 1.165) is 5.69 Å². The van der Waals surface area contributed by atoms with Crippen LogP contribution in [0.4, 0.5) is 5.69 Å².